The van der Waals surface area contributed by atoms with E-state index in [4.69, 9.17) is 22.5 Å². The molecule has 6 heteroatoms. The molecule has 0 unspecified atom stereocenters. The summed E-state index contributed by atoms with van der Waals surface area (Å²) in [6.45, 7) is 0.616. The molecule has 0 aliphatic heterocycles. The minimum Gasteiger partial charge on any atom is -0.758 e. The number of thiazole rings is 1. The number of halogens is 2. The molecule has 0 atom stereocenters. The Kier molecular flexibility index (Phi) is 4.19. The van der Waals surface area contributed by atoms with Crippen molar-refractivity contribution in [1.29, 1.82) is 0 Å². The number of benzene rings is 1. The van der Waals surface area contributed by atoms with E-state index in [1.807, 2.05) is 28.8 Å². The van der Waals surface area contributed by atoms with Gasteiger partial charge >= 0.3 is 0 Å². The molecule has 2 aromatic rings. The Bertz CT molecular complexity index is 603. The molecule has 0 N–H and O–H groups in total. The third-order valence-corrected chi connectivity index (χ3v) is 5.21. The van der Waals surface area contributed by atoms with Crippen molar-refractivity contribution in [2.45, 2.75) is 13.3 Å². The molecule has 2 nitrogen and oxygen atoms in total. The molecule has 0 saturated heterocycles. The lowest BCUT2D eigenvalue weighted by Gasteiger charge is -2.01. The highest BCUT2D eigenvalue weighted by atomic mass is 35.9. The van der Waals surface area contributed by atoms with Gasteiger partial charge in [-0.25, -0.2) is 0 Å². The highest BCUT2D eigenvalue weighted by Gasteiger charge is 2.26. The molecule has 0 aliphatic carbocycles. The van der Waals surface area contributed by atoms with Gasteiger partial charge in [-0.3, -0.25) is 0 Å². The van der Waals surface area contributed by atoms with Crippen LogP contribution in [-0.2, 0) is 6.42 Å². The van der Waals surface area contributed by atoms with Crippen LogP contribution in [-0.4, -0.2) is 5.87 Å². The van der Waals surface area contributed by atoms with Gasteiger partial charge in [0, 0.05) is 12.5 Å². The first-order chi connectivity index (χ1) is 8.19. The predicted octanol–water partition coefficient (Wildman–Crippen LogP) is 4.58. The maximum Gasteiger partial charge on any atom is 0.260 e. The first kappa shape index (κ1) is 13.0. The number of nitrogens with zero attached hydrogens (tertiary/aromatic N) is 2. The van der Waals surface area contributed by atoms with Crippen LogP contribution >= 0.6 is 40.4 Å². The van der Waals surface area contributed by atoms with E-state index in [0.29, 0.717) is 5.44 Å². The monoisotopic (exact) mass is 302 g/mol. The average molecular weight is 303 g/mol. The zero-order valence-electron chi connectivity index (χ0n) is 9.02. The fourth-order valence-electron chi connectivity index (χ4n) is 1.66. The summed E-state index contributed by atoms with van der Waals surface area (Å²) < 4.78 is 3.04. The number of aromatic nitrogens is 1. The maximum atomic E-state index is 9.19. The van der Waals surface area contributed by atoms with Crippen LogP contribution in [0.1, 0.15) is 11.9 Å². The van der Waals surface area contributed by atoms with Crippen molar-refractivity contribution in [2.24, 2.45) is 0 Å². The minimum absolute atomic E-state index is 0.428. The van der Waals surface area contributed by atoms with Crippen molar-refractivity contribution in [1.82, 2.24) is 0 Å². The third kappa shape index (κ3) is 2.40. The minimum atomic E-state index is -1.44. The van der Waals surface area contributed by atoms with Crippen LogP contribution in [0.25, 0.3) is 21.1 Å². The van der Waals surface area contributed by atoms with E-state index < -0.39 is 6.63 Å². The Morgan fingerprint density at radius 1 is 1.47 bits per heavy atom. The Morgan fingerprint density at radius 2 is 2.18 bits per heavy atom. The first-order valence-electron chi connectivity index (χ1n) is 5.00. The van der Waals surface area contributed by atoms with Gasteiger partial charge in [-0.2, -0.15) is 5.87 Å². The Balaban J connectivity index is 2.78. The zero-order valence-corrected chi connectivity index (χ0v) is 12.2. The standard InChI is InChI=1S/C11H9Cl2N2PS/c1-2-11-15(10(7-14)16(12)13)8-5-3-4-6-9(8)17-11/h3-6H,2H2,1H3. The van der Waals surface area contributed by atoms with Gasteiger partial charge in [0.2, 0.25) is 10.5 Å². The summed E-state index contributed by atoms with van der Waals surface area (Å²) in [5, 5.41) is 10.3. The summed E-state index contributed by atoms with van der Waals surface area (Å²) in [7, 11) is 0. The zero-order chi connectivity index (χ0) is 12.4. The topological polar surface area (TPSA) is 26.2 Å². The SMILES string of the molecule is CCc1sc2ccccc2[n+]1C(=C=[N-])P(Cl)Cl. The molecule has 0 saturated carbocycles. The molecule has 1 aromatic carbocycles. The fraction of sp³-hybridized carbons (Fsp3) is 0.182. The second-order valence-electron chi connectivity index (χ2n) is 3.32. The van der Waals surface area contributed by atoms with Crippen molar-refractivity contribution in [3.8, 4) is 0 Å². The smallest absolute Gasteiger partial charge is 0.260 e. The Labute approximate surface area is 114 Å². The van der Waals surface area contributed by atoms with E-state index in [9.17, 15) is 5.41 Å². The number of hydrogen-bond donors (Lipinski definition) is 0. The quantitative estimate of drug-likeness (QED) is 0.451. The van der Waals surface area contributed by atoms with E-state index in [1.165, 1.54) is 0 Å². The number of para-hydroxylation sites is 1. The van der Waals surface area contributed by atoms with Crippen LogP contribution in [0.5, 0.6) is 0 Å². The molecule has 0 fully saturated rings. The molecular weight excluding hydrogens is 294 g/mol. The second-order valence-corrected chi connectivity index (χ2v) is 7.87. The molecule has 0 radical (unpaired) electrons. The van der Waals surface area contributed by atoms with Gasteiger partial charge in [0.25, 0.3) is 5.44 Å². The number of aryl methyl sites for hydroxylation is 1. The third-order valence-electron chi connectivity index (χ3n) is 2.36. The lowest BCUT2D eigenvalue weighted by atomic mass is 10.3. The van der Waals surface area contributed by atoms with Crippen LogP contribution in [0.3, 0.4) is 0 Å². The first-order valence-corrected chi connectivity index (χ1v) is 8.97. The molecule has 1 heterocycles. The highest BCUT2D eigenvalue weighted by molar-refractivity contribution is 8.10. The molecule has 0 amide bonds. The molecular formula is C11H9Cl2N2PS. The van der Waals surface area contributed by atoms with Gasteiger partial charge in [-0.05, 0) is 6.07 Å². The van der Waals surface area contributed by atoms with Gasteiger partial charge < -0.3 is 5.41 Å². The van der Waals surface area contributed by atoms with Gasteiger partial charge in [0.05, 0.1) is 0 Å². The molecule has 0 bridgehead atoms. The number of hydrogen-bond acceptors (Lipinski definition) is 1. The highest BCUT2D eigenvalue weighted by Crippen LogP contribution is 2.54. The predicted molar refractivity (Wildman–Crippen MR) is 78.1 cm³/mol. The van der Waals surface area contributed by atoms with Crippen LogP contribution in [0.4, 0.5) is 0 Å². The molecule has 88 valence electrons. The van der Waals surface area contributed by atoms with Crippen LogP contribution in [0.2, 0.25) is 0 Å². The Morgan fingerprint density at radius 3 is 2.76 bits per heavy atom. The summed E-state index contributed by atoms with van der Waals surface area (Å²) in [5.41, 5.74) is 1.43. The average Bonchev–Trinajstić information content (AvgIpc) is 2.69. The summed E-state index contributed by atoms with van der Waals surface area (Å²) in [4.78, 5) is 0. The van der Waals surface area contributed by atoms with Gasteiger partial charge in [-0.15, -0.1) is 4.57 Å². The molecule has 17 heavy (non-hydrogen) atoms. The van der Waals surface area contributed by atoms with Crippen molar-refractivity contribution >= 4 is 62.0 Å². The van der Waals surface area contributed by atoms with Crippen LogP contribution in [0.15, 0.2) is 24.3 Å². The van der Waals surface area contributed by atoms with Crippen LogP contribution < -0.4 is 4.57 Å². The maximum absolute atomic E-state index is 9.19. The van der Waals surface area contributed by atoms with E-state index >= 15 is 0 Å². The lowest BCUT2D eigenvalue weighted by Crippen LogP contribution is -2.33. The second kappa shape index (κ2) is 5.48. The number of rotatable bonds is 3. The summed E-state index contributed by atoms with van der Waals surface area (Å²) >= 11 is 13.5. The van der Waals surface area contributed by atoms with E-state index in [0.717, 1.165) is 21.6 Å². The van der Waals surface area contributed by atoms with Crippen molar-refractivity contribution in [3.05, 3.63) is 34.7 Å². The lowest BCUT2D eigenvalue weighted by molar-refractivity contribution is -0.546. The summed E-state index contributed by atoms with van der Waals surface area (Å²) in [6.07, 6.45) is 0.849. The van der Waals surface area contributed by atoms with E-state index in [-0.39, 0.29) is 0 Å². The fourth-order valence-corrected chi connectivity index (χ4v) is 3.95. The van der Waals surface area contributed by atoms with E-state index in [2.05, 4.69) is 12.8 Å². The largest absolute Gasteiger partial charge is 0.758 e. The molecule has 2 rings (SSSR count). The van der Waals surface area contributed by atoms with Crippen molar-refractivity contribution < 1.29 is 4.57 Å². The van der Waals surface area contributed by atoms with Crippen molar-refractivity contribution in [2.75, 3.05) is 0 Å². The van der Waals surface area contributed by atoms with Gasteiger partial charge in [-0.1, -0.05) is 52.9 Å². The Hall–Kier alpha value is -0.430. The van der Waals surface area contributed by atoms with Gasteiger partial charge in [0.15, 0.2) is 6.63 Å². The summed E-state index contributed by atoms with van der Waals surface area (Å²) in [5.74, 6) is 2.12. The molecule has 0 aliphatic rings. The molecule has 1 aromatic heterocycles. The van der Waals surface area contributed by atoms with E-state index in [1.54, 1.807) is 11.3 Å². The number of fused-ring (bicyclic) bond motifs is 1. The molecule has 0 spiro atoms. The normalized spacial score (nSPS) is 10.8. The van der Waals surface area contributed by atoms with Gasteiger partial charge in [0.1, 0.15) is 4.70 Å². The summed E-state index contributed by atoms with van der Waals surface area (Å²) in [6, 6.07) is 7.95. The van der Waals surface area contributed by atoms with Crippen LogP contribution in [0, 0.1) is 0 Å². The van der Waals surface area contributed by atoms with Crippen molar-refractivity contribution in [3.63, 3.8) is 0 Å².